The second kappa shape index (κ2) is 8.86. The Balaban J connectivity index is 1.19. The monoisotopic (exact) mass is 479 g/mol. The summed E-state index contributed by atoms with van der Waals surface area (Å²) in [6.07, 6.45) is 1.83. The standard InChI is InChI=1S/C30H25NO5/c32-25(19-10-5-2-6-11-19)17-36-30(35)20-12-7-13-22(14-20)31-28(33)26-21-15-23(18-8-3-1-4-9-18)24(16-21)27(26)29(31)34/h1-14,21,23-24,26-27H,15-17H2/t21-,23+,24-,26+,27+/m0/s1. The number of Topliss-reactive ketones (excluding diaryl/α,β-unsaturated/α-hetero) is 1. The molecule has 5 atom stereocenters. The molecule has 1 saturated heterocycles. The van der Waals surface area contributed by atoms with Crippen LogP contribution in [0.4, 0.5) is 5.69 Å². The molecule has 3 fully saturated rings. The van der Waals surface area contributed by atoms with Crippen LogP contribution in [0.3, 0.4) is 0 Å². The lowest BCUT2D eigenvalue weighted by Gasteiger charge is -2.28. The van der Waals surface area contributed by atoms with E-state index in [0.29, 0.717) is 11.3 Å². The molecule has 0 N–H and O–H groups in total. The number of ether oxygens (including phenoxy) is 1. The summed E-state index contributed by atoms with van der Waals surface area (Å²) in [4.78, 5) is 53.2. The normalized spacial score (nSPS) is 26.2. The summed E-state index contributed by atoms with van der Waals surface area (Å²) in [5.41, 5.74) is 2.26. The maximum absolute atomic E-state index is 13.6. The zero-order valence-corrected chi connectivity index (χ0v) is 19.6. The number of hydrogen-bond donors (Lipinski definition) is 0. The SMILES string of the molecule is O=C(COC(=O)c1cccc(N2C(=O)[C@@H]3[C@@H]4C[C@H]([C@H]3C2=O)[C@@H](c2ccccc2)C4)c1)c1ccccc1. The molecule has 2 saturated carbocycles. The molecule has 0 radical (unpaired) electrons. The second-order valence-corrected chi connectivity index (χ2v) is 9.89. The first-order chi connectivity index (χ1) is 17.5. The van der Waals surface area contributed by atoms with Crippen LogP contribution < -0.4 is 4.90 Å². The highest BCUT2D eigenvalue weighted by molar-refractivity contribution is 6.23. The quantitative estimate of drug-likeness (QED) is 0.292. The van der Waals surface area contributed by atoms with Crippen LogP contribution in [0.2, 0.25) is 0 Å². The Morgan fingerprint density at radius 2 is 1.44 bits per heavy atom. The van der Waals surface area contributed by atoms with Crippen LogP contribution >= 0.6 is 0 Å². The van der Waals surface area contributed by atoms with E-state index in [-0.39, 0.29) is 59.4 Å². The largest absolute Gasteiger partial charge is 0.454 e. The van der Waals surface area contributed by atoms with Crippen molar-refractivity contribution in [1.82, 2.24) is 0 Å². The average molecular weight is 480 g/mol. The minimum atomic E-state index is -0.676. The zero-order chi connectivity index (χ0) is 24.8. The molecule has 2 bridgehead atoms. The third-order valence-electron chi connectivity index (χ3n) is 8.01. The summed E-state index contributed by atoms with van der Waals surface area (Å²) in [5.74, 6) is -1.30. The molecule has 6 rings (SSSR count). The summed E-state index contributed by atoms with van der Waals surface area (Å²) < 4.78 is 5.22. The van der Waals surface area contributed by atoms with Crippen LogP contribution in [0.25, 0.3) is 0 Å². The molecule has 36 heavy (non-hydrogen) atoms. The van der Waals surface area contributed by atoms with Crippen LogP contribution in [0.1, 0.15) is 45.0 Å². The maximum atomic E-state index is 13.6. The molecule has 180 valence electrons. The van der Waals surface area contributed by atoms with E-state index in [9.17, 15) is 19.2 Å². The molecule has 0 aromatic heterocycles. The molecule has 1 aliphatic heterocycles. The number of carbonyl (C=O) groups is 4. The van der Waals surface area contributed by atoms with Crippen molar-refractivity contribution in [3.8, 4) is 0 Å². The molecule has 1 heterocycles. The van der Waals surface area contributed by atoms with Crippen molar-refractivity contribution in [3.63, 3.8) is 0 Å². The third-order valence-corrected chi connectivity index (χ3v) is 8.01. The van der Waals surface area contributed by atoms with Crippen molar-refractivity contribution in [2.24, 2.45) is 23.7 Å². The highest BCUT2D eigenvalue weighted by Crippen LogP contribution is 2.61. The zero-order valence-electron chi connectivity index (χ0n) is 19.6. The van der Waals surface area contributed by atoms with Gasteiger partial charge in [0.25, 0.3) is 0 Å². The lowest BCUT2D eigenvalue weighted by molar-refractivity contribution is -0.123. The number of benzene rings is 3. The Morgan fingerprint density at radius 1 is 0.778 bits per heavy atom. The third kappa shape index (κ3) is 3.65. The molecule has 3 aromatic carbocycles. The van der Waals surface area contributed by atoms with Gasteiger partial charge in [-0.1, -0.05) is 66.7 Å². The van der Waals surface area contributed by atoms with E-state index < -0.39 is 5.97 Å². The van der Waals surface area contributed by atoms with Gasteiger partial charge in [-0.2, -0.15) is 0 Å². The van der Waals surface area contributed by atoms with E-state index in [1.165, 1.54) is 16.5 Å². The number of hydrogen-bond acceptors (Lipinski definition) is 5. The number of anilines is 1. The molecule has 2 amide bonds. The lowest BCUT2D eigenvalue weighted by atomic mass is 9.73. The Labute approximate surface area is 208 Å². The summed E-state index contributed by atoms with van der Waals surface area (Å²) in [6, 6.07) is 25.2. The first-order valence-corrected chi connectivity index (χ1v) is 12.3. The number of ketones is 1. The van der Waals surface area contributed by atoms with E-state index in [2.05, 4.69) is 12.1 Å². The number of carbonyl (C=O) groups excluding carboxylic acids is 4. The highest BCUT2D eigenvalue weighted by Gasteiger charge is 2.64. The van der Waals surface area contributed by atoms with Gasteiger partial charge >= 0.3 is 5.97 Å². The Kier molecular flexibility index (Phi) is 5.52. The Hall–Kier alpha value is -4.06. The van der Waals surface area contributed by atoms with Crippen LogP contribution in [0.5, 0.6) is 0 Å². The minimum Gasteiger partial charge on any atom is -0.454 e. The van der Waals surface area contributed by atoms with Crippen molar-refractivity contribution < 1.29 is 23.9 Å². The number of rotatable bonds is 6. The second-order valence-electron chi connectivity index (χ2n) is 9.89. The Morgan fingerprint density at radius 3 is 2.19 bits per heavy atom. The maximum Gasteiger partial charge on any atom is 0.338 e. The van der Waals surface area contributed by atoms with Gasteiger partial charge < -0.3 is 4.74 Å². The molecule has 6 nitrogen and oxygen atoms in total. The molecule has 0 spiro atoms. The first-order valence-electron chi connectivity index (χ1n) is 12.3. The van der Waals surface area contributed by atoms with Gasteiger partial charge in [-0.15, -0.1) is 0 Å². The van der Waals surface area contributed by atoms with Crippen LogP contribution in [-0.2, 0) is 14.3 Å². The van der Waals surface area contributed by atoms with Gasteiger partial charge in [-0.3, -0.25) is 19.3 Å². The molecule has 2 aliphatic carbocycles. The lowest BCUT2D eigenvalue weighted by Crippen LogP contribution is -2.33. The van der Waals surface area contributed by atoms with Gasteiger partial charge in [-0.05, 0) is 54.4 Å². The van der Waals surface area contributed by atoms with Gasteiger partial charge in [0, 0.05) is 5.56 Å². The summed E-state index contributed by atoms with van der Waals surface area (Å²) >= 11 is 0. The molecule has 6 heteroatoms. The van der Waals surface area contributed by atoms with Crippen molar-refractivity contribution in [3.05, 3.63) is 102 Å². The van der Waals surface area contributed by atoms with Crippen molar-refractivity contribution in [2.75, 3.05) is 11.5 Å². The van der Waals surface area contributed by atoms with E-state index in [4.69, 9.17) is 4.74 Å². The summed E-state index contributed by atoms with van der Waals surface area (Å²) in [7, 11) is 0. The fraction of sp³-hybridized carbons (Fsp3) is 0.267. The highest BCUT2D eigenvalue weighted by atomic mass is 16.5. The predicted molar refractivity (Wildman–Crippen MR) is 132 cm³/mol. The van der Waals surface area contributed by atoms with E-state index in [1.807, 2.05) is 18.2 Å². The van der Waals surface area contributed by atoms with Crippen molar-refractivity contribution >= 4 is 29.3 Å². The van der Waals surface area contributed by atoms with Gasteiger partial charge in [-0.25, -0.2) is 4.79 Å². The smallest absolute Gasteiger partial charge is 0.338 e. The van der Waals surface area contributed by atoms with E-state index in [1.54, 1.807) is 48.5 Å². The van der Waals surface area contributed by atoms with Crippen LogP contribution in [-0.4, -0.2) is 30.2 Å². The fourth-order valence-corrected chi connectivity index (χ4v) is 6.49. The van der Waals surface area contributed by atoms with E-state index >= 15 is 0 Å². The fourth-order valence-electron chi connectivity index (χ4n) is 6.49. The first kappa shape index (κ1) is 22.4. The number of amides is 2. The Bertz CT molecular complexity index is 1350. The number of fused-ring (bicyclic) bond motifs is 5. The molecule has 3 aliphatic rings. The number of nitrogens with zero attached hydrogens (tertiary/aromatic N) is 1. The van der Waals surface area contributed by atoms with Gasteiger partial charge in [0.1, 0.15) is 0 Å². The van der Waals surface area contributed by atoms with Crippen molar-refractivity contribution in [2.45, 2.75) is 18.8 Å². The van der Waals surface area contributed by atoms with Gasteiger partial charge in [0.05, 0.1) is 23.1 Å². The number of imide groups is 1. The van der Waals surface area contributed by atoms with E-state index in [0.717, 1.165) is 12.8 Å². The predicted octanol–water partition coefficient (Wildman–Crippen LogP) is 4.66. The van der Waals surface area contributed by atoms with Crippen molar-refractivity contribution in [1.29, 1.82) is 0 Å². The summed E-state index contributed by atoms with van der Waals surface area (Å²) in [5, 5.41) is 0. The molecular formula is C30H25NO5. The van der Waals surface area contributed by atoms with Gasteiger partial charge in [0.15, 0.2) is 12.4 Å². The molecule has 0 unspecified atom stereocenters. The molecule has 3 aromatic rings. The van der Waals surface area contributed by atoms with Crippen LogP contribution in [0, 0.1) is 23.7 Å². The average Bonchev–Trinajstić information content (AvgIpc) is 3.59. The minimum absolute atomic E-state index is 0.154. The summed E-state index contributed by atoms with van der Waals surface area (Å²) in [6.45, 7) is -0.386. The van der Waals surface area contributed by atoms with Gasteiger partial charge in [0.2, 0.25) is 11.8 Å². The topological polar surface area (TPSA) is 80.8 Å². The van der Waals surface area contributed by atoms with Crippen LogP contribution in [0.15, 0.2) is 84.9 Å². The number of esters is 1. The molecular weight excluding hydrogens is 454 g/mol.